The first-order chi connectivity index (χ1) is 7.65. The molecule has 5 heteroatoms. The fourth-order valence-electron chi connectivity index (χ4n) is 1.17. The highest BCUT2D eigenvalue weighted by molar-refractivity contribution is 9.10. The van der Waals surface area contributed by atoms with Crippen LogP contribution in [0.5, 0.6) is 5.75 Å². The molecule has 0 unspecified atom stereocenters. The summed E-state index contributed by atoms with van der Waals surface area (Å²) in [6, 6.07) is 6.60. The molecule has 16 heavy (non-hydrogen) atoms. The molecule has 0 bridgehead atoms. The van der Waals surface area contributed by atoms with Gasteiger partial charge in [-0.2, -0.15) is 0 Å². The van der Waals surface area contributed by atoms with Gasteiger partial charge in [0.15, 0.2) is 11.6 Å². The summed E-state index contributed by atoms with van der Waals surface area (Å²) in [4.78, 5) is 1.05. The van der Waals surface area contributed by atoms with Crippen LogP contribution in [-0.2, 0) is 6.61 Å². The van der Waals surface area contributed by atoms with E-state index >= 15 is 0 Å². The summed E-state index contributed by atoms with van der Waals surface area (Å²) in [5.41, 5.74) is 0. The molecule has 1 aromatic carbocycles. The van der Waals surface area contributed by atoms with Crippen molar-refractivity contribution < 1.29 is 9.13 Å². The van der Waals surface area contributed by atoms with Crippen LogP contribution in [0.25, 0.3) is 0 Å². The van der Waals surface area contributed by atoms with Gasteiger partial charge in [0.2, 0.25) is 0 Å². The maximum atomic E-state index is 13.3. The van der Waals surface area contributed by atoms with Gasteiger partial charge in [-0.1, -0.05) is 15.9 Å². The molecule has 0 saturated heterocycles. The van der Waals surface area contributed by atoms with Gasteiger partial charge < -0.3 is 4.74 Å². The summed E-state index contributed by atoms with van der Waals surface area (Å²) in [6.07, 6.45) is 0. The van der Waals surface area contributed by atoms with E-state index in [2.05, 4.69) is 31.9 Å². The van der Waals surface area contributed by atoms with Crippen LogP contribution in [0.15, 0.2) is 38.6 Å². The van der Waals surface area contributed by atoms with Crippen molar-refractivity contribution in [3.05, 3.63) is 49.3 Å². The zero-order valence-corrected chi connectivity index (χ0v) is 12.0. The molecule has 0 N–H and O–H groups in total. The Bertz CT molecular complexity index is 498. The number of rotatable bonds is 3. The summed E-state index contributed by atoms with van der Waals surface area (Å²) in [7, 11) is 0. The van der Waals surface area contributed by atoms with Crippen LogP contribution in [0.1, 0.15) is 4.88 Å². The van der Waals surface area contributed by atoms with E-state index in [1.54, 1.807) is 23.5 Å². The molecule has 0 fully saturated rings. The smallest absolute Gasteiger partial charge is 0.165 e. The van der Waals surface area contributed by atoms with Crippen LogP contribution in [0, 0.1) is 5.82 Å². The third kappa shape index (κ3) is 3.06. The van der Waals surface area contributed by atoms with Crippen molar-refractivity contribution >= 4 is 43.2 Å². The van der Waals surface area contributed by atoms with Gasteiger partial charge in [0.25, 0.3) is 0 Å². The predicted molar refractivity (Wildman–Crippen MR) is 70.5 cm³/mol. The van der Waals surface area contributed by atoms with E-state index in [4.69, 9.17) is 4.74 Å². The topological polar surface area (TPSA) is 9.23 Å². The maximum absolute atomic E-state index is 13.3. The lowest BCUT2D eigenvalue weighted by atomic mass is 10.3. The Morgan fingerprint density at radius 1 is 1.19 bits per heavy atom. The first kappa shape index (κ1) is 12.1. The summed E-state index contributed by atoms with van der Waals surface area (Å²) < 4.78 is 20.5. The number of benzene rings is 1. The van der Waals surface area contributed by atoms with Crippen molar-refractivity contribution in [3.8, 4) is 5.75 Å². The molecule has 2 aromatic rings. The average molecular weight is 366 g/mol. The average Bonchev–Trinajstić information content (AvgIpc) is 2.66. The molecular formula is C11H7Br2FOS. The fourth-order valence-corrected chi connectivity index (χ4v) is 2.87. The zero-order chi connectivity index (χ0) is 11.5. The monoisotopic (exact) mass is 364 g/mol. The van der Waals surface area contributed by atoms with Gasteiger partial charge >= 0.3 is 0 Å². The molecule has 0 saturated carbocycles. The maximum Gasteiger partial charge on any atom is 0.165 e. The van der Waals surface area contributed by atoms with Crippen LogP contribution < -0.4 is 4.74 Å². The summed E-state index contributed by atoms with van der Waals surface area (Å²) >= 11 is 8.21. The molecule has 0 atom stereocenters. The molecule has 0 amide bonds. The number of thiophene rings is 1. The zero-order valence-electron chi connectivity index (χ0n) is 8.04. The molecule has 1 nitrogen and oxygen atoms in total. The Kier molecular flexibility index (Phi) is 4.00. The highest BCUT2D eigenvalue weighted by Gasteiger charge is 2.05. The van der Waals surface area contributed by atoms with Crippen LogP contribution in [0.4, 0.5) is 4.39 Å². The minimum absolute atomic E-state index is 0.263. The van der Waals surface area contributed by atoms with Crippen LogP contribution >= 0.6 is 43.2 Å². The number of hydrogen-bond donors (Lipinski definition) is 0. The molecular weight excluding hydrogens is 359 g/mol. The van der Waals surface area contributed by atoms with Gasteiger partial charge in [-0.25, -0.2) is 4.39 Å². The van der Waals surface area contributed by atoms with E-state index in [1.165, 1.54) is 6.07 Å². The molecule has 1 heterocycles. The van der Waals surface area contributed by atoms with Gasteiger partial charge in [-0.3, -0.25) is 0 Å². The Labute approximate surface area is 114 Å². The molecule has 0 spiro atoms. The third-order valence-corrected chi connectivity index (χ3v) is 4.05. The molecule has 1 aromatic heterocycles. The number of hydrogen-bond acceptors (Lipinski definition) is 2. The third-order valence-electron chi connectivity index (χ3n) is 1.88. The molecule has 0 aliphatic carbocycles. The summed E-state index contributed by atoms with van der Waals surface area (Å²) in [5, 5.41) is 1.97. The minimum atomic E-state index is -0.348. The van der Waals surface area contributed by atoms with Crippen LogP contribution in [0.2, 0.25) is 0 Å². The van der Waals surface area contributed by atoms with Gasteiger partial charge in [0.05, 0.1) is 0 Å². The summed E-state index contributed by atoms with van der Waals surface area (Å²) in [5.74, 6) is -0.0854. The van der Waals surface area contributed by atoms with Gasteiger partial charge in [0, 0.05) is 19.2 Å². The van der Waals surface area contributed by atoms with Gasteiger partial charge in [0.1, 0.15) is 6.61 Å². The van der Waals surface area contributed by atoms with E-state index in [-0.39, 0.29) is 11.6 Å². The fraction of sp³-hybridized carbons (Fsp3) is 0.0909. The number of halogens is 3. The molecule has 84 valence electrons. The van der Waals surface area contributed by atoms with Crippen molar-refractivity contribution in [2.24, 2.45) is 0 Å². The highest BCUT2D eigenvalue weighted by atomic mass is 79.9. The van der Waals surface area contributed by atoms with Gasteiger partial charge in [-0.05, 0) is 40.2 Å². The van der Waals surface area contributed by atoms with E-state index in [0.29, 0.717) is 6.61 Å². The first-order valence-electron chi connectivity index (χ1n) is 4.46. The Balaban J connectivity index is 2.07. The van der Waals surface area contributed by atoms with Gasteiger partial charge in [-0.15, -0.1) is 11.3 Å². The van der Waals surface area contributed by atoms with Crippen molar-refractivity contribution in [2.75, 3.05) is 0 Å². The molecule has 0 aliphatic rings. The summed E-state index contributed by atoms with van der Waals surface area (Å²) in [6.45, 7) is 0.379. The molecule has 0 aliphatic heterocycles. The number of ether oxygens (including phenoxy) is 1. The van der Waals surface area contributed by atoms with Crippen molar-refractivity contribution in [3.63, 3.8) is 0 Å². The predicted octanol–water partition coefficient (Wildman–Crippen LogP) is 4.99. The Morgan fingerprint density at radius 2 is 2.00 bits per heavy atom. The lowest BCUT2D eigenvalue weighted by Crippen LogP contribution is -1.95. The van der Waals surface area contributed by atoms with Crippen LogP contribution in [-0.4, -0.2) is 0 Å². The van der Waals surface area contributed by atoms with Crippen LogP contribution in [0.3, 0.4) is 0 Å². The lowest BCUT2D eigenvalue weighted by molar-refractivity contribution is 0.293. The highest BCUT2D eigenvalue weighted by Crippen LogP contribution is 2.25. The molecule has 0 radical (unpaired) electrons. The van der Waals surface area contributed by atoms with E-state index in [9.17, 15) is 4.39 Å². The van der Waals surface area contributed by atoms with Crippen molar-refractivity contribution in [2.45, 2.75) is 6.61 Å². The largest absolute Gasteiger partial charge is 0.485 e. The standard InChI is InChI=1S/C11H7Br2FOS/c12-7-1-2-10(14)11(4-7)15-5-9-3-8(13)6-16-9/h1-4,6H,5H2. The minimum Gasteiger partial charge on any atom is -0.485 e. The quantitative estimate of drug-likeness (QED) is 0.744. The Morgan fingerprint density at radius 3 is 2.69 bits per heavy atom. The normalized spacial score (nSPS) is 10.4. The Hall–Kier alpha value is -0.390. The second-order valence-corrected chi connectivity index (χ2v) is 5.92. The van der Waals surface area contributed by atoms with E-state index < -0.39 is 0 Å². The first-order valence-corrected chi connectivity index (χ1v) is 6.92. The SMILES string of the molecule is Fc1ccc(Br)cc1OCc1cc(Br)cs1. The van der Waals surface area contributed by atoms with Crippen molar-refractivity contribution in [1.29, 1.82) is 0 Å². The van der Waals surface area contributed by atoms with Crippen molar-refractivity contribution in [1.82, 2.24) is 0 Å². The van der Waals surface area contributed by atoms with E-state index in [0.717, 1.165) is 13.8 Å². The molecule has 2 rings (SSSR count). The second-order valence-electron chi connectivity index (χ2n) is 3.09. The van der Waals surface area contributed by atoms with E-state index in [1.807, 2.05) is 11.4 Å². The lowest BCUT2D eigenvalue weighted by Gasteiger charge is -2.05. The second kappa shape index (κ2) is 5.29.